The summed E-state index contributed by atoms with van der Waals surface area (Å²) in [7, 11) is 0. The van der Waals surface area contributed by atoms with Crippen LogP contribution in [0.4, 0.5) is 33.0 Å². The molecule has 2 unspecified atom stereocenters. The van der Waals surface area contributed by atoms with Crippen LogP contribution in [0.5, 0.6) is 0 Å². The number of amides is 4. The summed E-state index contributed by atoms with van der Waals surface area (Å²) < 4.78 is 69.1. The second-order valence-corrected chi connectivity index (χ2v) is 16.9. The Balaban J connectivity index is 1.13. The topological polar surface area (TPSA) is 153 Å². The van der Waals surface area contributed by atoms with E-state index in [0.717, 1.165) is 0 Å². The largest absolute Gasteiger partial charge is 0.449 e. The number of urea groups is 1. The molecule has 1 fully saturated rings. The third-order valence-electron chi connectivity index (χ3n) is 11.7. The minimum atomic E-state index is -1.81. The molecule has 3 atom stereocenters. The van der Waals surface area contributed by atoms with Gasteiger partial charge in [0.05, 0.1) is 35.9 Å². The predicted molar refractivity (Wildman–Crippen MR) is 231 cm³/mol. The lowest BCUT2D eigenvalue weighted by molar-refractivity contribution is -0.137. The number of halogens is 6. The molecular weight excluding hydrogens is 863 g/mol. The number of carbonyl (C=O) groups excluding carboxylic acids is 3. The number of hydrogen-bond acceptors (Lipinski definition) is 7. The highest BCUT2D eigenvalue weighted by atomic mass is 35.5. The summed E-state index contributed by atoms with van der Waals surface area (Å²) in [6, 6.07) is 17.3. The number of carbonyl (C=O) groups is 3. The van der Waals surface area contributed by atoms with Gasteiger partial charge in [-0.25, -0.2) is 32.1 Å². The van der Waals surface area contributed by atoms with Crippen LogP contribution in [0, 0.1) is 34.6 Å². The molecule has 5 aromatic rings. The Labute approximate surface area is 370 Å². The van der Waals surface area contributed by atoms with Gasteiger partial charge < -0.3 is 20.1 Å². The third kappa shape index (κ3) is 10.6. The van der Waals surface area contributed by atoms with Crippen LogP contribution < -0.4 is 16.8 Å². The number of ether oxygens (including phenoxy) is 2. The summed E-state index contributed by atoms with van der Waals surface area (Å²) in [4.78, 5) is 47.1. The Morgan fingerprint density at radius 2 is 1.71 bits per heavy atom. The molecule has 2 aliphatic rings. The number of rotatable bonds is 15. The number of pyridine rings is 1. The van der Waals surface area contributed by atoms with Crippen LogP contribution in [0.15, 0.2) is 90.8 Å². The fourth-order valence-electron chi connectivity index (χ4n) is 8.01. The van der Waals surface area contributed by atoms with Gasteiger partial charge in [-0.3, -0.25) is 20.7 Å². The zero-order chi connectivity index (χ0) is 45.1. The first-order valence-corrected chi connectivity index (χ1v) is 20.9. The van der Waals surface area contributed by atoms with E-state index in [9.17, 15) is 31.9 Å². The summed E-state index contributed by atoms with van der Waals surface area (Å²) in [6.45, 7) is 2.05. The molecule has 0 aliphatic carbocycles. The highest BCUT2D eigenvalue weighted by molar-refractivity contribution is 6.31. The molecule has 7 rings (SSSR count). The normalized spacial score (nSPS) is 17.6. The van der Waals surface area contributed by atoms with Crippen LogP contribution >= 0.6 is 23.2 Å². The maximum absolute atomic E-state index is 14.7. The van der Waals surface area contributed by atoms with Gasteiger partial charge in [0.25, 0.3) is 0 Å². The predicted octanol–water partition coefficient (Wildman–Crippen LogP) is 9.72. The molecule has 1 aromatic heterocycles. The zero-order valence-electron chi connectivity index (χ0n) is 34.1. The number of nitrogens with zero attached hydrogens (tertiary/aromatic N) is 3. The standard InChI is InChI=1S/C46H44Cl2F4N6O5/c1-45(13-15-57(42(45)59)24-31-7-10-36(51)22-37(31)47)14-16-63-46(54,39-20-32-18-35(50)9-6-30(32)25-58(39)43(53)60)12-11-27(17-28-3-2-4-38(52)41(28)48)26-62-44(61)56-40-21-33-19-34(49)8-5-29(33)23-55-40/h2-10,18-23,27H,11-17,24-26,54H2,1H3,(H2,53,60)(H,55,56,61)/t27-,45?,46?/m0/s1. The van der Waals surface area contributed by atoms with E-state index in [4.69, 9.17) is 44.1 Å². The second kappa shape index (κ2) is 18.9. The maximum atomic E-state index is 14.7. The highest BCUT2D eigenvalue weighted by Crippen LogP contribution is 2.39. The first kappa shape index (κ1) is 45.3. The average Bonchev–Trinajstić information content (AvgIpc) is 3.52. The lowest BCUT2D eigenvalue weighted by atomic mass is 9.85. The number of likely N-dealkylation sites (tertiary alicyclic amines) is 1. The van der Waals surface area contributed by atoms with E-state index in [0.29, 0.717) is 46.0 Å². The molecule has 0 spiro atoms. The molecule has 4 aromatic carbocycles. The van der Waals surface area contributed by atoms with Gasteiger partial charge in [0.15, 0.2) is 5.72 Å². The van der Waals surface area contributed by atoms with Gasteiger partial charge >= 0.3 is 12.1 Å². The van der Waals surface area contributed by atoms with Crippen molar-refractivity contribution in [3.8, 4) is 0 Å². The van der Waals surface area contributed by atoms with E-state index in [2.05, 4.69) is 10.3 Å². The number of anilines is 1. The van der Waals surface area contributed by atoms with Gasteiger partial charge in [-0.05, 0) is 126 Å². The Kier molecular flexibility index (Phi) is 13.6. The molecule has 3 heterocycles. The number of benzene rings is 4. The van der Waals surface area contributed by atoms with Crippen LogP contribution in [0.3, 0.4) is 0 Å². The van der Waals surface area contributed by atoms with Gasteiger partial charge in [-0.2, -0.15) is 0 Å². The van der Waals surface area contributed by atoms with E-state index >= 15 is 0 Å². The molecule has 17 heteroatoms. The Bertz CT molecular complexity index is 2600. The van der Waals surface area contributed by atoms with Gasteiger partial charge in [0.1, 0.15) is 29.1 Å². The quantitative estimate of drug-likeness (QED) is 0.0699. The van der Waals surface area contributed by atoms with E-state index in [1.165, 1.54) is 83.9 Å². The van der Waals surface area contributed by atoms with Crippen LogP contribution in [0.25, 0.3) is 16.8 Å². The summed E-state index contributed by atoms with van der Waals surface area (Å²) in [5.41, 5.74) is 12.6. The highest BCUT2D eigenvalue weighted by Gasteiger charge is 2.44. The molecule has 5 N–H and O–H groups in total. The molecule has 4 amide bonds. The first-order valence-electron chi connectivity index (χ1n) is 20.2. The van der Waals surface area contributed by atoms with Crippen LogP contribution in [-0.2, 0) is 33.8 Å². The van der Waals surface area contributed by atoms with Crippen LogP contribution in [-0.4, -0.2) is 58.3 Å². The van der Waals surface area contributed by atoms with Gasteiger partial charge in [0.2, 0.25) is 5.91 Å². The number of primary amides is 1. The Morgan fingerprint density at radius 1 is 0.968 bits per heavy atom. The fraction of sp³-hybridized carbons (Fsp3) is 0.304. The lowest BCUT2D eigenvalue weighted by Crippen LogP contribution is -2.54. The van der Waals surface area contributed by atoms with Crippen molar-refractivity contribution < 1.29 is 41.4 Å². The molecule has 0 saturated carbocycles. The number of aromatic nitrogens is 1. The van der Waals surface area contributed by atoms with Crippen molar-refractivity contribution in [2.75, 3.05) is 25.1 Å². The Morgan fingerprint density at radius 3 is 2.49 bits per heavy atom. The minimum Gasteiger partial charge on any atom is -0.449 e. The van der Waals surface area contributed by atoms with Crippen LogP contribution in [0.2, 0.25) is 10.0 Å². The third-order valence-corrected chi connectivity index (χ3v) is 12.4. The zero-order valence-corrected chi connectivity index (χ0v) is 35.6. The van der Waals surface area contributed by atoms with Crippen molar-refractivity contribution in [3.63, 3.8) is 0 Å². The summed E-state index contributed by atoms with van der Waals surface area (Å²) in [5, 5.41) is 3.80. The van der Waals surface area contributed by atoms with Crippen molar-refractivity contribution in [2.45, 2.75) is 57.8 Å². The average molecular weight is 908 g/mol. The van der Waals surface area contributed by atoms with E-state index in [-0.39, 0.29) is 79.5 Å². The molecule has 0 bridgehead atoms. The summed E-state index contributed by atoms with van der Waals surface area (Å²) in [5.74, 6) is -2.75. The van der Waals surface area contributed by atoms with Gasteiger partial charge in [-0.1, -0.05) is 54.4 Å². The lowest BCUT2D eigenvalue weighted by Gasteiger charge is -2.41. The smallest absolute Gasteiger partial charge is 0.412 e. The van der Waals surface area contributed by atoms with Crippen molar-refractivity contribution in [1.29, 1.82) is 0 Å². The molecule has 63 heavy (non-hydrogen) atoms. The SMILES string of the molecule is CC1(CCOC(N)(CC[C@H](COC(=O)Nc2cc3cc(F)ccc3cn2)Cc2cccc(F)c2Cl)C2=Cc3cc(F)ccc3CN2C(N)=O)CCN(Cc2ccc(F)cc2Cl)C1=O. The molecule has 1 saturated heterocycles. The van der Waals surface area contributed by atoms with Crippen LogP contribution in [0.1, 0.15) is 54.9 Å². The number of nitrogens with two attached hydrogens (primary N) is 2. The Hall–Kier alpha value is -5.74. The minimum absolute atomic E-state index is 0.0444. The first-order chi connectivity index (χ1) is 30.0. The molecule has 11 nitrogen and oxygen atoms in total. The maximum Gasteiger partial charge on any atom is 0.412 e. The number of hydrogen-bond donors (Lipinski definition) is 3. The fourth-order valence-corrected chi connectivity index (χ4v) is 8.44. The van der Waals surface area contributed by atoms with Gasteiger partial charge in [0, 0.05) is 29.7 Å². The molecule has 330 valence electrons. The van der Waals surface area contributed by atoms with Crippen molar-refractivity contribution in [2.24, 2.45) is 22.8 Å². The second-order valence-electron chi connectivity index (χ2n) is 16.2. The summed E-state index contributed by atoms with van der Waals surface area (Å²) in [6.07, 6.45) is 3.01. The number of fused-ring (bicyclic) bond motifs is 2. The monoisotopic (exact) mass is 906 g/mol. The van der Waals surface area contributed by atoms with Crippen molar-refractivity contribution in [3.05, 3.63) is 146 Å². The van der Waals surface area contributed by atoms with E-state index in [1.54, 1.807) is 17.0 Å². The van der Waals surface area contributed by atoms with E-state index in [1.807, 2.05) is 6.92 Å². The van der Waals surface area contributed by atoms with E-state index < -0.39 is 52.5 Å². The van der Waals surface area contributed by atoms with Crippen molar-refractivity contribution >= 4 is 63.9 Å². The molecular formula is C46H44Cl2F4N6O5. The molecule has 2 aliphatic heterocycles. The van der Waals surface area contributed by atoms with Gasteiger partial charge in [-0.15, -0.1) is 0 Å². The molecule has 0 radical (unpaired) electrons. The summed E-state index contributed by atoms with van der Waals surface area (Å²) >= 11 is 12.7. The van der Waals surface area contributed by atoms with Crippen molar-refractivity contribution in [1.82, 2.24) is 14.8 Å². The number of nitrogens with one attached hydrogen (secondary N) is 1.